The predicted molar refractivity (Wildman–Crippen MR) is 115 cm³/mol. The first kappa shape index (κ1) is 20.3. The first-order valence-electron chi connectivity index (χ1n) is 9.29. The molecule has 0 saturated carbocycles. The maximum absolute atomic E-state index is 12.5. The summed E-state index contributed by atoms with van der Waals surface area (Å²) in [6.07, 6.45) is 4.81. The third-order valence-corrected chi connectivity index (χ3v) is 5.85. The van der Waals surface area contributed by atoms with Crippen LogP contribution in [0.4, 0.5) is 5.00 Å². The van der Waals surface area contributed by atoms with Crippen LogP contribution in [-0.2, 0) is 12.8 Å². The molecule has 4 N–H and O–H groups in total. The Labute approximate surface area is 173 Å². The number of primary amides is 1. The van der Waals surface area contributed by atoms with Gasteiger partial charge in [-0.15, -0.1) is 11.3 Å². The number of fused-ring (bicyclic) bond motifs is 1. The van der Waals surface area contributed by atoms with Gasteiger partial charge in [-0.1, -0.05) is 13.0 Å². The fraction of sp³-hybridized carbons (Fsp3) is 0.350. The Morgan fingerprint density at radius 3 is 2.82 bits per heavy atom. The summed E-state index contributed by atoms with van der Waals surface area (Å²) in [7, 11) is 0. The van der Waals surface area contributed by atoms with Crippen molar-refractivity contribution in [2.75, 3.05) is 11.9 Å². The number of nitrogens with one attached hydrogen (secondary N) is 2. The van der Waals surface area contributed by atoms with Crippen LogP contribution in [0.2, 0.25) is 0 Å². The van der Waals surface area contributed by atoms with E-state index in [0.717, 1.165) is 42.5 Å². The Bertz CT molecular complexity index is 908. The fourth-order valence-electron chi connectivity index (χ4n) is 3.17. The van der Waals surface area contributed by atoms with Crippen molar-refractivity contribution in [1.29, 1.82) is 0 Å². The van der Waals surface area contributed by atoms with Crippen LogP contribution in [0.15, 0.2) is 24.3 Å². The van der Waals surface area contributed by atoms with Gasteiger partial charge in [-0.05, 0) is 68.1 Å². The van der Waals surface area contributed by atoms with Gasteiger partial charge >= 0.3 is 0 Å². The van der Waals surface area contributed by atoms with Gasteiger partial charge < -0.3 is 15.8 Å². The molecule has 2 aromatic rings. The molecular weight excluding hydrogens is 394 g/mol. The standard InChI is InChI=1S/C20H23N3O3S2/c1-2-10-26-13-7-5-6-12(11-13)18(25)22-20(27)23-19-16(17(21)24)14-8-3-4-9-15(14)28-19/h5-7,11H,2-4,8-10H2,1H3,(H2,21,24)(H2,22,23,25,27). The first-order chi connectivity index (χ1) is 13.5. The van der Waals surface area contributed by atoms with E-state index in [9.17, 15) is 9.59 Å². The largest absolute Gasteiger partial charge is 0.494 e. The number of amides is 2. The highest BCUT2D eigenvalue weighted by Crippen LogP contribution is 2.37. The second kappa shape index (κ2) is 9.16. The number of rotatable bonds is 6. The monoisotopic (exact) mass is 417 g/mol. The van der Waals surface area contributed by atoms with Crippen molar-refractivity contribution in [1.82, 2.24) is 5.32 Å². The van der Waals surface area contributed by atoms with Crippen LogP contribution in [0.1, 0.15) is 57.3 Å². The SMILES string of the molecule is CCCOc1cccc(C(=O)NC(=S)Nc2sc3c(c2C(N)=O)CCCC3)c1. The van der Waals surface area contributed by atoms with Crippen molar-refractivity contribution >= 4 is 45.5 Å². The number of benzene rings is 1. The highest BCUT2D eigenvalue weighted by Gasteiger charge is 2.24. The van der Waals surface area contributed by atoms with Crippen molar-refractivity contribution in [3.63, 3.8) is 0 Å². The Morgan fingerprint density at radius 2 is 2.07 bits per heavy atom. The van der Waals surface area contributed by atoms with Crippen LogP contribution in [0.3, 0.4) is 0 Å². The number of thiophene rings is 1. The number of hydrogen-bond donors (Lipinski definition) is 3. The van der Waals surface area contributed by atoms with E-state index in [1.807, 2.05) is 6.92 Å². The summed E-state index contributed by atoms with van der Waals surface area (Å²) in [5.41, 5.74) is 7.54. The summed E-state index contributed by atoms with van der Waals surface area (Å²) in [6, 6.07) is 6.93. The Morgan fingerprint density at radius 1 is 1.29 bits per heavy atom. The van der Waals surface area contributed by atoms with E-state index in [4.69, 9.17) is 22.7 Å². The van der Waals surface area contributed by atoms with Crippen LogP contribution in [0.5, 0.6) is 5.75 Å². The van der Waals surface area contributed by atoms with Crippen molar-refractivity contribution in [2.24, 2.45) is 5.73 Å². The van der Waals surface area contributed by atoms with Gasteiger partial charge in [-0.25, -0.2) is 0 Å². The van der Waals surface area contributed by atoms with Crippen molar-refractivity contribution in [3.8, 4) is 5.75 Å². The van der Waals surface area contributed by atoms with Crippen molar-refractivity contribution in [3.05, 3.63) is 45.8 Å². The second-order valence-corrected chi connectivity index (χ2v) is 8.08. The highest BCUT2D eigenvalue weighted by molar-refractivity contribution is 7.80. The number of carbonyl (C=O) groups is 2. The van der Waals surface area contributed by atoms with E-state index in [-0.39, 0.29) is 11.0 Å². The number of ether oxygens (including phenoxy) is 1. The topological polar surface area (TPSA) is 93.4 Å². The van der Waals surface area contributed by atoms with Gasteiger partial charge in [-0.2, -0.15) is 0 Å². The Balaban J connectivity index is 1.70. The Kier molecular flexibility index (Phi) is 6.64. The molecule has 0 fully saturated rings. The minimum Gasteiger partial charge on any atom is -0.494 e. The first-order valence-corrected chi connectivity index (χ1v) is 10.5. The molecule has 1 aromatic heterocycles. The van der Waals surface area contributed by atoms with Crippen molar-refractivity contribution < 1.29 is 14.3 Å². The highest BCUT2D eigenvalue weighted by atomic mass is 32.1. The minimum atomic E-state index is -0.475. The predicted octanol–water partition coefficient (Wildman–Crippen LogP) is 3.64. The minimum absolute atomic E-state index is 0.131. The lowest BCUT2D eigenvalue weighted by Crippen LogP contribution is -2.34. The van der Waals surface area contributed by atoms with Gasteiger partial charge in [0.15, 0.2) is 5.11 Å². The summed E-state index contributed by atoms with van der Waals surface area (Å²) < 4.78 is 5.56. The average Bonchev–Trinajstić information content (AvgIpc) is 3.04. The zero-order chi connectivity index (χ0) is 20.1. The lowest BCUT2D eigenvalue weighted by molar-refractivity contribution is 0.0975. The molecule has 0 aliphatic heterocycles. The van der Waals surface area contributed by atoms with E-state index in [1.54, 1.807) is 24.3 Å². The lowest BCUT2D eigenvalue weighted by Gasteiger charge is -2.12. The molecule has 0 bridgehead atoms. The molecule has 1 aliphatic carbocycles. The van der Waals surface area contributed by atoms with Gasteiger partial charge in [0.2, 0.25) is 0 Å². The number of carbonyl (C=O) groups excluding carboxylic acids is 2. The maximum atomic E-state index is 12.5. The molecule has 0 atom stereocenters. The molecule has 28 heavy (non-hydrogen) atoms. The van der Waals surface area contributed by atoms with Crippen molar-refractivity contribution in [2.45, 2.75) is 39.0 Å². The lowest BCUT2D eigenvalue weighted by atomic mass is 9.95. The van der Waals surface area contributed by atoms with Gasteiger partial charge in [0.1, 0.15) is 10.8 Å². The molecule has 8 heteroatoms. The van der Waals surface area contributed by atoms with Gasteiger partial charge in [-0.3, -0.25) is 14.9 Å². The molecule has 0 unspecified atom stereocenters. The van der Waals surface area contributed by atoms with E-state index < -0.39 is 5.91 Å². The van der Waals surface area contributed by atoms with E-state index in [2.05, 4.69) is 10.6 Å². The number of anilines is 1. The molecule has 1 heterocycles. The number of hydrogen-bond acceptors (Lipinski definition) is 5. The maximum Gasteiger partial charge on any atom is 0.257 e. The summed E-state index contributed by atoms with van der Waals surface area (Å²) >= 11 is 6.76. The molecule has 2 amide bonds. The van der Waals surface area contributed by atoms with Crippen LogP contribution < -0.4 is 21.1 Å². The number of aryl methyl sites for hydroxylation is 1. The normalized spacial score (nSPS) is 12.8. The van der Waals surface area contributed by atoms with E-state index >= 15 is 0 Å². The third kappa shape index (κ3) is 4.69. The van der Waals surface area contributed by atoms with Crippen LogP contribution in [-0.4, -0.2) is 23.5 Å². The van der Waals surface area contributed by atoms with Gasteiger partial charge in [0, 0.05) is 10.4 Å². The molecule has 1 aliphatic rings. The van der Waals surface area contributed by atoms with Crippen LogP contribution >= 0.6 is 23.6 Å². The summed E-state index contributed by atoms with van der Waals surface area (Å²) in [5.74, 6) is -0.187. The number of thiocarbonyl (C=S) groups is 1. The van der Waals surface area contributed by atoms with Crippen LogP contribution in [0, 0.1) is 0 Å². The van der Waals surface area contributed by atoms with Crippen LogP contribution in [0.25, 0.3) is 0 Å². The fourth-order valence-corrected chi connectivity index (χ4v) is 4.73. The third-order valence-electron chi connectivity index (χ3n) is 4.44. The molecule has 6 nitrogen and oxygen atoms in total. The zero-order valence-electron chi connectivity index (χ0n) is 15.7. The molecular formula is C20H23N3O3S2. The zero-order valence-corrected chi connectivity index (χ0v) is 17.3. The number of nitrogens with two attached hydrogens (primary N) is 1. The van der Waals surface area contributed by atoms with Gasteiger partial charge in [0.25, 0.3) is 11.8 Å². The summed E-state index contributed by atoms with van der Waals surface area (Å²) in [6.45, 7) is 2.60. The van der Waals surface area contributed by atoms with Gasteiger partial charge in [0.05, 0.1) is 12.2 Å². The summed E-state index contributed by atoms with van der Waals surface area (Å²) in [4.78, 5) is 25.6. The molecule has 0 radical (unpaired) electrons. The molecule has 0 saturated heterocycles. The smallest absolute Gasteiger partial charge is 0.257 e. The molecule has 148 valence electrons. The quantitative estimate of drug-likeness (QED) is 0.624. The average molecular weight is 418 g/mol. The molecule has 3 rings (SSSR count). The molecule has 1 aromatic carbocycles. The summed E-state index contributed by atoms with van der Waals surface area (Å²) in [5, 5.41) is 6.37. The van der Waals surface area contributed by atoms with E-state index in [1.165, 1.54) is 11.3 Å². The Hall–Kier alpha value is -2.45. The molecule has 0 spiro atoms. The second-order valence-electron chi connectivity index (χ2n) is 6.56. The van der Waals surface area contributed by atoms with E-state index in [0.29, 0.717) is 28.5 Å².